The van der Waals surface area contributed by atoms with Gasteiger partial charge in [0.2, 0.25) is 0 Å². The Balaban J connectivity index is 2.69. The molecular formula is C16H17NO2. The molecule has 0 atom stereocenters. The van der Waals surface area contributed by atoms with Crippen molar-refractivity contribution in [2.75, 3.05) is 0 Å². The molecule has 0 saturated heterocycles. The molecule has 0 saturated carbocycles. The zero-order valence-electron chi connectivity index (χ0n) is 11.3. The zero-order chi connectivity index (χ0) is 14.0. The van der Waals surface area contributed by atoms with E-state index in [1.807, 2.05) is 31.2 Å². The minimum absolute atomic E-state index is 0.308. The molecule has 98 valence electrons. The van der Waals surface area contributed by atoms with Crippen molar-refractivity contribution in [3.05, 3.63) is 47.2 Å². The van der Waals surface area contributed by atoms with Crippen LogP contribution in [0.15, 0.2) is 30.3 Å². The topological polar surface area (TPSA) is 50.2 Å². The second-order valence-corrected chi connectivity index (χ2v) is 4.98. The fourth-order valence-corrected chi connectivity index (χ4v) is 1.98. The van der Waals surface area contributed by atoms with Gasteiger partial charge in [0.1, 0.15) is 0 Å². The van der Waals surface area contributed by atoms with Crippen molar-refractivity contribution in [1.82, 2.24) is 4.98 Å². The fraction of sp³-hybridized carbons (Fsp3) is 0.250. The number of carbonyl (C=O) groups is 1. The lowest BCUT2D eigenvalue weighted by Gasteiger charge is -2.10. The Bertz CT molecular complexity index is 657. The van der Waals surface area contributed by atoms with E-state index in [2.05, 4.69) is 18.8 Å². The largest absolute Gasteiger partial charge is 0.478 e. The predicted octanol–water partition coefficient (Wildman–Crippen LogP) is 3.76. The van der Waals surface area contributed by atoms with Gasteiger partial charge in [-0.05, 0) is 42.7 Å². The van der Waals surface area contributed by atoms with E-state index in [1.165, 1.54) is 6.08 Å². The van der Waals surface area contributed by atoms with E-state index in [0.29, 0.717) is 5.92 Å². The van der Waals surface area contributed by atoms with Crippen LogP contribution in [0.4, 0.5) is 0 Å². The third-order valence-corrected chi connectivity index (χ3v) is 3.01. The average Bonchev–Trinajstić information content (AvgIpc) is 2.35. The molecule has 1 heterocycles. The molecule has 19 heavy (non-hydrogen) atoms. The lowest BCUT2D eigenvalue weighted by atomic mass is 10.0. The van der Waals surface area contributed by atoms with Gasteiger partial charge in [-0.25, -0.2) is 4.79 Å². The Morgan fingerprint density at radius 1 is 1.32 bits per heavy atom. The molecule has 1 N–H and O–H groups in total. The smallest absolute Gasteiger partial charge is 0.328 e. The summed E-state index contributed by atoms with van der Waals surface area (Å²) in [6, 6.07) is 8.00. The summed E-state index contributed by atoms with van der Waals surface area (Å²) >= 11 is 0. The molecular weight excluding hydrogens is 238 g/mol. The summed E-state index contributed by atoms with van der Waals surface area (Å²) < 4.78 is 0. The number of aromatic nitrogens is 1. The van der Waals surface area contributed by atoms with Gasteiger partial charge in [0, 0.05) is 17.2 Å². The number of carboxylic acid groups (broad SMARTS) is 1. The third-order valence-electron chi connectivity index (χ3n) is 3.01. The molecule has 2 rings (SSSR count). The van der Waals surface area contributed by atoms with Crippen LogP contribution < -0.4 is 0 Å². The number of hydrogen-bond acceptors (Lipinski definition) is 2. The van der Waals surface area contributed by atoms with Crippen LogP contribution in [0.2, 0.25) is 0 Å². The van der Waals surface area contributed by atoms with Gasteiger partial charge in [0.05, 0.1) is 5.52 Å². The molecule has 1 aromatic carbocycles. The molecule has 0 aliphatic heterocycles. The molecule has 3 heteroatoms. The monoisotopic (exact) mass is 255 g/mol. The van der Waals surface area contributed by atoms with Crippen LogP contribution in [0.1, 0.15) is 36.6 Å². The summed E-state index contributed by atoms with van der Waals surface area (Å²) in [6.45, 7) is 6.17. The van der Waals surface area contributed by atoms with Crippen LogP contribution in [0, 0.1) is 6.92 Å². The van der Waals surface area contributed by atoms with E-state index in [9.17, 15) is 4.79 Å². The Morgan fingerprint density at radius 2 is 2.05 bits per heavy atom. The van der Waals surface area contributed by atoms with Gasteiger partial charge in [-0.2, -0.15) is 0 Å². The molecule has 0 amide bonds. The van der Waals surface area contributed by atoms with E-state index >= 15 is 0 Å². The fourth-order valence-electron chi connectivity index (χ4n) is 1.98. The minimum Gasteiger partial charge on any atom is -0.478 e. The number of nitrogens with zero attached hydrogens (tertiary/aromatic N) is 1. The normalized spacial score (nSPS) is 11.6. The number of fused-ring (bicyclic) bond motifs is 1. The molecule has 0 bridgehead atoms. The Hall–Kier alpha value is -2.16. The van der Waals surface area contributed by atoms with Gasteiger partial charge < -0.3 is 5.11 Å². The number of aryl methyl sites for hydroxylation is 1. The molecule has 0 radical (unpaired) electrons. The number of rotatable bonds is 3. The van der Waals surface area contributed by atoms with E-state index in [4.69, 9.17) is 5.11 Å². The van der Waals surface area contributed by atoms with Crippen LogP contribution in [-0.4, -0.2) is 16.1 Å². The quantitative estimate of drug-likeness (QED) is 0.849. The standard InChI is InChI=1S/C16H17NO2/c1-10(2)15-9-12(5-7-16(18)19)13-8-11(3)4-6-14(13)17-15/h4-10H,1-3H3,(H,18,19)/b7-5+. The second kappa shape index (κ2) is 5.22. The third kappa shape index (κ3) is 2.99. The molecule has 0 spiro atoms. The molecule has 0 unspecified atom stereocenters. The predicted molar refractivity (Wildman–Crippen MR) is 77.2 cm³/mol. The highest BCUT2D eigenvalue weighted by molar-refractivity contribution is 5.93. The Kier molecular flexibility index (Phi) is 3.65. The lowest BCUT2D eigenvalue weighted by molar-refractivity contribution is -0.131. The van der Waals surface area contributed by atoms with Crippen molar-refractivity contribution in [2.24, 2.45) is 0 Å². The van der Waals surface area contributed by atoms with Gasteiger partial charge in [0.25, 0.3) is 0 Å². The Morgan fingerprint density at radius 3 is 2.68 bits per heavy atom. The highest BCUT2D eigenvalue weighted by Crippen LogP contribution is 2.24. The molecule has 0 aliphatic rings. The maximum Gasteiger partial charge on any atom is 0.328 e. The number of benzene rings is 1. The summed E-state index contributed by atoms with van der Waals surface area (Å²) in [5, 5.41) is 9.77. The summed E-state index contributed by atoms with van der Waals surface area (Å²) in [5.41, 5.74) is 3.92. The van der Waals surface area contributed by atoms with Gasteiger partial charge >= 0.3 is 5.97 Å². The molecule has 1 aromatic heterocycles. The molecule has 0 aliphatic carbocycles. The van der Waals surface area contributed by atoms with Crippen LogP contribution in [0.25, 0.3) is 17.0 Å². The first-order valence-electron chi connectivity index (χ1n) is 6.29. The van der Waals surface area contributed by atoms with E-state index in [1.54, 1.807) is 6.08 Å². The molecule has 2 aromatic rings. The van der Waals surface area contributed by atoms with Gasteiger partial charge in [-0.3, -0.25) is 4.98 Å². The Labute approximate surface area is 112 Å². The van der Waals surface area contributed by atoms with Crippen LogP contribution in [-0.2, 0) is 4.79 Å². The summed E-state index contributed by atoms with van der Waals surface area (Å²) in [7, 11) is 0. The summed E-state index contributed by atoms with van der Waals surface area (Å²) in [4.78, 5) is 15.3. The average molecular weight is 255 g/mol. The van der Waals surface area contributed by atoms with Crippen molar-refractivity contribution >= 4 is 22.9 Å². The molecule has 0 fully saturated rings. The first-order valence-corrected chi connectivity index (χ1v) is 6.29. The van der Waals surface area contributed by atoms with Crippen molar-refractivity contribution in [2.45, 2.75) is 26.7 Å². The van der Waals surface area contributed by atoms with Gasteiger partial charge in [-0.1, -0.05) is 25.5 Å². The van der Waals surface area contributed by atoms with Crippen molar-refractivity contribution < 1.29 is 9.90 Å². The van der Waals surface area contributed by atoms with Gasteiger partial charge in [-0.15, -0.1) is 0 Å². The van der Waals surface area contributed by atoms with Crippen LogP contribution in [0.3, 0.4) is 0 Å². The van der Waals surface area contributed by atoms with Crippen molar-refractivity contribution in [1.29, 1.82) is 0 Å². The summed E-state index contributed by atoms with van der Waals surface area (Å²) in [5.74, 6) is -0.633. The van der Waals surface area contributed by atoms with Crippen LogP contribution >= 0.6 is 0 Å². The highest BCUT2D eigenvalue weighted by atomic mass is 16.4. The van der Waals surface area contributed by atoms with Crippen LogP contribution in [0.5, 0.6) is 0 Å². The number of carboxylic acids is 1. The van der Waals surface area contributed by atoms with E-state index < -0.39 is 5.97 Å². The van der Waals surface area contributed by atoms with E-state index in [-0.39, 0.29) is 0 Å². The van der Waals surface area contributed by atoms with Crippen molar-refractivity contribution in [3.63, 3.8) is 0 Å². The highest BCUT2D eigenvalue weighted by Gasteiger charge is 2.07. The van der Waals surface area contributed by atoms with E-state index in [0.717, 1.165) is 27.7 Å². The SMILES string of the molecule is Cc1ccc2nc(C(C)C)cc(/C=C/C(=O)O)c2c1. The second-order valence-electron chi connectivity index (χ2n) is 4.98. The minimum atomic E-state index is -0.941. The maximum atomic E-state index is 10.7. The number of aliphatic carboxylic acids is 1. The number of hydrogen-bond donors (Lipinski definition) is 1. The first-order chi connectivity index (χ1) is 8.97. The maximum absolute atomic E-state index is 10.7. The number of pyridine rings is 1. The summed E-state index contributed by atoms with van der Waals surface area (Å²) in [6.07, 6.45) is 2.80. The lowest BCUT2D eigenvalue weighted by Crippen LogP contribution is -1.96. The molecule has 3 nitrogen and oxygen atoms in total. The first kappa shape index (κ1) is 13.3. The zero-order valence-corrected chi connectivity index (χ0v) is 11.3. The van der Waals surface area contributed by atoms with Crippen molar-refractivity contribution in [3.8, 4) is 0 Å². The van der Waals surface area contributed by atoms with Gasteiger partial charge in [0.15, 0.2) is 0 Å².